The summed E-state index contributed by atoms with van der Waals surface area (Å²) in [6, 6.07) is 14.4. The Kier molecular flexibility index (Phi) is 5.30. The molecule has 2 aromatic carbocycles. The second-order valence-electron chi connectivity index (χ2n) is 5.51. The van der Waals surface area contributed by atoms with E-state index >= 15 is 0 Å². The van der Waals surface area contributed by atoms with Crippen molar-refractivity contribution in [2.45, 2.75) is 6.61 Å². The molecule has 0 fully saturated rings. The monoisotopic (exact) mass is 383 g/mol. The SMILES string of the molecule is O=C(Nc1ccccc1[N+](=O)[O-])c1ccc(COc2ccccc2[N+](=O)[O-])o1. The highest BCUT2D eigenvalue weighted by Gasteiger charge is 2.19. The van der Waals surface area contributed by atoms with Gasteiger partial charge in [0.2, 0.25) is 0 Å². The number of nitro groups is 2. The highest BCUT2D eigenvalue weighted by Crippen LogP contribution is 2.27. The van der Waals surface area contributed by atoms with E-state index in [1.165, 1.54) is 48.5 Å². The number of nitrogens with one attached hydrogen (secondary N) is 1. The Balaban J connectivity index is 1.68. The molecule has 1 aromatic heterocycles. The van der Waals surface area contributed by atoms with E-state index in [1.54, 1.807) is 12.1 Å². The van der Waals surface area contributed by atoms with Gasteiger partial charge in [0.15, 0.2) is 11.5 Å². The number of hydrogen-bond donors (Lipinski definition) is 1. The van der Waals surface area contributed by atoms with Crippen LogP contribution in [0.2, 0.25) is 0 Å². The number of hydrogen-bond acceptors (Lipinski definition) is 7. The minimum Gasteiger partial charge on any atom is -0.479 e. The van der Waals surface area contributed by atoms with Gasteiger partial charge in [0.25, 0.3) is 11.6 Å². The Morgan fingerprint density at radius 1 is 0.929 bits per heavy atom. The molecule has 1 heterocycles. The highest BCUT2D eigenvalue weighted by atomic mass is 16.6. The number of carbonyl (C=O) groups is 1. The molecule has 3 rings (SSSR count). The summed E-state index contributed by atoms with van der Waals surface area (Å²) in [6.07, 6.45) is 0. The van der Waals surface area contributed by atoms with Gasteiger partial charge >= 0.3 is 5.69 Å². The van der Waals surface area contributed by atoms with E-state index in [1.807, 2.05) is 0 Å². The van der Waals surface area contributed by atoms with Gasteiger partial charge in [0.1, 0.15) is 18.1 Å². The first-order valence-electron chi connectivity index (χ1n) is 7.95. The number of nitro benzene ring substituents is 2. The van der Waals surface area contributed by atoms with E-state index in [-0.39, 0.29) is 40.9 Å². The summed E-state index contributed by atoms with van der Waals surface area (Å²) in [5.41, 5.74) is -0.405. The fraction of sp³-hybridized carbons (Fsp3) is 0.0556. The van der Waals surface area contributed by atoms with Crippen molar-refractivity contribution >= 4 is 23.0 Å². The van der Waals surface area contributed by atoms with Crippen LogP contribution in [0.4, 0.5) is 17.1 Å². The van der Waals surface area contributed by atoms with Crippen LogP contribution in [0.15, 0.2) is 65.1 Å². The zero-order chi connectivity index (χ0) is 20.1. The maximum atomic E-state index is 12.3. The van der Waals surface area contributed by atoms with Crippen LogP contribution >= 0.6 is 0 Å². The largest absolute Gasteiger partial charge is 0.479 e. The lowest BCUT2D eigenvalue weighted by Gasteiger charge is -2.05. The van der Waals surface area contributed by atoms with Gasteiger partial charge in [-0.2, -0.15) is 0 Å². The second kappa shape index (κ2) is 7.99. The first-order valence-corrected chi connectivity index (χ1v) is 7.95. The predicted octanol–water partition coefficient (Wildman–Crippen LogP) is 3.93. The molecule has 1 N–H and O–H groups in total. The summed E-state index contributed by atoms with van der Waals surface area (Å²) < 4.78 is 10.8. The number of furan rings is 1. The molecule has 10 nitrogen and oxygen atoms in total. The molecule has 0 aliphatic heterocycles. The number of rotatable bonds is 7. The lowest BCUT2D eigenvalue weighted by Crippen LogP contribution is -2.12. The Hall–Kier alpha value is -4.21. The topological polar surface area (TPSA) is 138 Å². The van der Waals surface area contributed by atoms with Crippen LogP contribution in [0.1, 0.15) is 16.3 Å². The average molecular weight is 383 g/mol. The van der Waals surface area contributed by atoms with Crippen LogP contribution in [0.25, 0.3) is 0 Å². The van der Waals surface area contributed by atoms with E-state index in [9.17, 15) is 25.0 Å². The van der Waals surface area contributed by atoms with Crippen molar-refractivity contribution in [3.05, 3.63) is 92.4 Å². The van der Waals surface area contributed by atoms with Gasteiger partial charge in [-0.3, -0.25) is 25.0 Å². The van der Waals surface area contributed by atoms with Crippen molar-refractivity contribution in [3.8, 4) is 5.75 Å². The smallest absolute Gasteiger partial charge is 0.310 e. The van der Waals surface area contributed by atoms with Gasteiger partial charge in [-0.05, 0) is 24.3 Å². The quantitative estimate of drug-likeness (QED) is 0.482. The zero-order valence-corrected chi connectivity index (χ0v) is 14.2. The molecule has 0 unspecified atom stereocenters. The molecule has 0 radical (unpaired) electrons. The third kappa shape index (κ3) is 4.12. The standard InChI is InChI=1S/C18H13N3O7/c22-18(19-13-5-1-2-6-14(13)20(23)24)17-10-9-12(28-17)11-27-16-8-4-3-7-15(16)21(25)26/h1-10H,11H2,(H,19,22). The lowest BCUT2D eigenvalue weighted by molar-refractivity contribution is -0.386. The molecule has 0 spiro atoms. The third-order valence-corrected chi connectivity index (χ3v) is 3.67. The van der Waals surface area contributed by atoms with Gasteiger partial charge in [-0.25, -0.2) is 0 Å². The van der Waals surface area contributed by atoms with E-state index in [2.05, 4.69) is 5.32 Å². The molecular weight excluding hydrogens is 370 g/mol. The van der Waals surface area contributed by atoms with Crippen LogP contribution in [-0.4, -0.2) is 15.8 Å². The molecule has 0 aliphatic carbocycles. The first kappa shape index (κ1) is 18.6. The summed E-state index contributed by atoms with van der Waals surface area (Å²) >= 11 is 0. The van der Waals surface area contributed by atoms with Crippen LogP contribution in [0.3, 0.4) is 0 Å². The van der Waals surface area contributed by atoms with Crippen molar-refractivity contribution in [1.29, 1.82) is 0 Å². The van der Waals surface area contributed by atoms with Crippen molar-refractivity contribution in [1.82, 2.24) is 0 Å². The zero-order valence-electron chi connectivity index (χ0n) is 14.2. The minimum atomic E-state index is -0.675. The van der Waals surface area contributed by atoms with Crippen LogP contribution in [0, 0.1) is 20.2 Å². The number of nitrogens with zero attached hydrogens (tertiary/aromatic N) is 2. The van der Waals surface area contributed by atoms with E-state index in [0.717, 1.165) is 0 Å². The summed E-state index contributed by atoms with van der Waals surface area (Å²) in [7, 11) is 0. The van der Waals surface area contributed by atoms with Crippen molar-refractivity contribution < 1.29 is 23.8 Å². The minimum absolute atomic E-state index is 0.0339. The average Bonchev–Trinajstić information content (AvgIpc) is 3.16. The molecule has 3 aromatic rings. The van der Waals surface area contributed by atoms with Gasteiger partial charge in [-0.1, -0.05) is 24.3 Å². The number of amides is 1. The Morgan fingerprint density at radius 2 is 1.57 bits per heavy atom. The summed E-state index contributed by atoms with van der Waals surface area (Å²) in [5, 5.41) is 24.4. The highest BCUT2D eigenvalue weighted by molar-refractivity contribution is 6.03. The molecule has 0 saturated heterocycles. The Morgan fingerprint density at radius 3 is 2.29 bits per heavy atom. The van der Waals surface area contributed by atoms with E-state index in [4.69, 9.17) is 9.15 Å². The maximum Gasteiger partial charge on any atom is 0.310 e. The summed E-state index contributed by atoms with van der Waals surface area (Å²) in [4.78, 5) is 33.1. The van der Waals surface area contributed by atoms with Gasteiger partial charge in [0, 0.05) is 12.1 Å². The van der Waals surface area contributed by atoms with Crippen molar-refractivity contribution in [3.63, 3.8) is 0 Å². The molecule has 0 aliphatic rings. The van der Waals surface area contributed by atoms with Crippen LogP contribution in [0.5, 0.6) is 5.75 Å². The fourth-order valence-electron chi connectivity index (χ4n) is 2.38. The maximum absolute atomic E-state index is 12.3. The molecule has 0 saturated carbocycles. The number of carbonyl (C=O) groups excluding carboxylic acids is 1. The van der Waals surface area contributed by atoms with Crippen molar-refractivity contribution in [2.75, 3.05) is 5.32 Å². The number of ether oxygens (including phenoxy) is 1. The first-order chi connectivity index (χ1) is 13.5. The van der Waals surface area contributed by atoms with Crippen molar-refractivity contribution in [2.24, 2.45) is 0 Å². The predicted molar refractivity (Wildman–Crippen MR) is 97.2 cm³/mol. The third-order valence-electron chi connectivity index (χ3n) is 3.67. The van der Waals surface area contributed by atoms with Crippen LogP contribution in [-0.2, 0) is 6.61 Å². The Bertz CT molecular complexity index is 1040. The van der Waals surface area contributed by atoms with Crippen LogP contribution < -0.4 is 10.1 Å². The molecule has 28 heavy (non-hydrogen) atoms. The van der Waals surface area contributed by atoms with E-state index in [0.29, 0.717) is 0 Å². The molecule has 10 heteroatoms. The second-order valence-corrected chi connectivity index (χ2v) is 5.51. The summed E-state index contributed by atoms with van der Waals surface area (Å²) in [5.74, 6) is -0.439. The number of anilines is 1. The molecule has 142 valence electrons. The van der Waals surface area contributed by atoms with Gasteiger partial charge in [0.05, 0.1) is 9.85 Å². The lowest BCUT2D eigenvalue weighted by atomic mass is 10.2. The van der Waals surface area contributed by atoms with E-state index < -0.39 is 15.8 Å². The fourth-order valence-corrected chi connectivity index (χ4v) is 2.38. The molecule has 0 atom stereocenters. The normalized spacial score (nSPS) is 10.3. The van der Waals surface area contributed by atoms with Gasteiger partial charge in [-0.15, -0.1) is 0 Å². The molecular formula is C18H13N3O7. The number of para-hydroxylation sites is 4. The Labute approximate surface area is 157 Å². The van der Waals surface area contributed by atoms with Gasteiger partial charge < -0.3 is 14.5 Å². The number of benzene rings is 2. The molecule has 1 amide bonds. The molecule has 0 bridgehead atoms. The summed E-state index contributed by atoms with van der Waals surface area (Å²) in [6.45, 7) is -0.135.